The highest BCUT2D eigenvalue weighted by molar-refractivity contribution is 7.99. The molecule has 3 saturated heterocycles. The van der Waals surface area contributed by atoms with E-state index in [0.29, 0.717) is 19.5 Å². The lowest BCUT2D eigenvalue weighted by Gasteiger charge is -2.44. The zero-order valence-electron chi connectivity index (χ0n) is 20.0. The van der Waals surface area contributed by atoms with Crippen molar-refractivity contribution in [3.8, 4) is 0 Å². The number of rotatable bonds is 9. The second-order valence-corrected chi connectivity index (χ2v) is 10.6. The molecule has 0 aliphatic carbocycles. The summed E-state index contributed by atoms with van der Waals surface area (Å²) in [6.07, 6.45) is 7.35. The van der Waals surface area contributed by atoms with Gasteiger partial charge in [0.2, 0.25) is 11.8 Å². The van der Waals surface area contributed by atoms with Gasteiger partial charge in [0.1, 0.15) is 5.54 Å². The van der Waals surface area contributed by atoms with Crippen molar-refractivity contribution in [2.24, 2.45) is 11.8 Å². The molecule has 0 unspecified atom stereocenters. The number of thioether (sulfide) groups is 1. The Morgan fingerprint density at radius 2 is 1.85 bits per heavy atom. The molecule has 0 radical (unpaired) electrons. The number of carbonyl (C=O) groups excluding carboxylic acids is 3. The van der Waals surface area contributed by atoms with Crippen LogP contribution in [0, 0.1) is 11.8 Å². The van der Waals surface area contributed by atoms with Crippen LogP contribution in [0.1, 0.15) is 70.4 Å². The number of esters is 1. The number of benzene rings is 1. The molecule has 0 spiro atoms. The molecule has 3 heterocycles. The van der Waals surface area contributed by atoms with E-state index in [1.165, 1.54) is 42.6 Å². The maximum atomic E-state index is 13.4. The van der Waals surface area contributed by atoms with Gasteiger partial charge in [0.05, 0.1) is 18.9 Å². The van der Waals surface area contributed by atoms with E-state index in [4.69, 9.17) is 4.74 Å². The molecular formula is C26H36N2O4S. The molecule has 4 atom stereocenters. The molecular weight excluding hydrogens is 436 g/mol. The highest BCUT2D eigenvalue weighted by Gasteiger charge is 2.72. The van der Waals surface area contributed by atoms with Crippen LogP contribution in [0.2, 0.25) is 0 Å². The highest BCUT2D eigenvalue weighted by atomic mass is 32.2. The minimum Gasteiger partial charge on any atom is -0.468 e. The van der Waals surface area contributed by atoms with Crippen LogP contribution >= 0.6 is 11.8 Å². The van der Waals surface area contributed by atoms with Gasteiger partial charge in [0, 0.05) is 17.5 Å². The fourth-order valence-corrected chi connectivity index (χ4v) is 7.12. The summed E-state index contributed by atoms with van der Waals surface area (Å²) in [4.78, 5) is 44.8. The third-order valence-electron chi connectivity index (χ3n) is 7.70. The average molecular weight is 473 g/mol. The summed E-state index contributed by atoms with van der Waals surface area (Å²) in [5.74, 6) is -0.851. The number of hydrogen-bond acceptors (Lipinski definition) is 6. The normalized spacial score (nSPS) is 29.3. The van der Waals surface area contributed by atoms with Gasteiger partial charge in [-0.3, -0.25) is 24.2 Å². The fraction of sp³-hybridized carbons (Fsp3) is 0.654. The molecule has 7 heteroatoms. The predicted octanol–water partition coefficient (Wildman–Crippen LogP) is 4.43. The minimum atomic E-state index is -1.05. The first-order valence-corrected chi connectivity index (χ1v) is 13.4. The van der Waals surface area contributed by atoms with Gasteiger partial charge in [0.15, 0.2) is 0 Å². The predicted molar refractivity (Wildman–Crippen MR) is 129 cm³/mol. The molecule has 0 N–H and O–H groups in total. The topological polar surface area (TPSA) is 66.9 Å². The van der Waals surface area contributed by atoms with Gasteiger partial charge in [-0.2, -0.15) is 0 Å². The van der Waals surface area contributed by atoms with E-state index in [0.717, 1.165) is 24.2 Å². The van der Waals surface area contributed by atoms with Crippen molar-refractivity contribution in [2.45, 2.75) is 75.3 Å². The van der Waals surface area contributed by atoms with Crippen molar-refractivity contribution in [3.05, 3.63) is 29.8 Å². The van der Waals surface area contributed by atoms with Gasteiger partial charge in [-0.1, -0.05) is 38.3 Å². The largest absolute Gasteiger partial charge is 0.468 e. The Hall–Kier alpha value is -1.86. The number of methoxy groups -OCH3 is 1. The average Bonchev–Trinajstić information content (AvgIpc) is 3.29. The lowest BCUT2D eigenvalue weighted by atomic mass is 9.75. The summed E-state index contributed by atoms with van der Waals surface area (Å²) in [6, 6.07) is 8.13. The van der Waals surface area contributed by atoms with Crippen LogP contribution in [-0.4, -0.2) is 59.1 Å². The summed E-state index contributed by atoms with van der Waals surface area (Å²) in [5, 5.41) is 0. The molecule has 3 aliphatic rings. The second-order valence-electron chi connectivity index (χ2n) is 9.41. The molecule has 0 saturated carbocycles. The van der Waals surface area contributed by atoms with Crippen LogP contribution in [0.3, 0.4) is 0 Å². The second kappa shape index (κ2) is 10.2. The van der Waals surface area contributed by atoms with Crippen LogP contribution in [0.25, 0.3) is 0 Å². The molecule has 3 aliphatic heterocycles. The van der Waals surface area contributed by atoms with E-state index >= 15 is 0 Å². The number of carbonyl (C=O) groups is 3. The maximum Gasteiger partial charge on any atom is 0.327 e. The van der Waals surface area contributed by atoms with E-state index in [1.54, 1.807) is 0 Å². The summed E-state index contributed by atoms with van der Waals surface area (Å²) in [5.41, 5.74) is -0.0433. The first-order valence-electron chi connectivity index (χ1n) is 12.4. The molecule has 1 aromatic rings. The molecule has 3 fully saturated rings. The monoisotopic (exact) mass is 472 g/mol. The number of fused-ring (bicyclic) bond motifs is 3. The molecule has 6 nitrogen and oxygen atoms in total. The Labute approximate surface area is 201 Å². The molecule has 33 heavy (non-hydrogen) atoms. The third-order valence-corrected chi connectivity index (χ3v) is 8.79. The van der Waals surface area contributed by atoms with Crippen molar-refractivity contribution >= 4 is 29.5 Å². The van der Waals surface area contributed by atoms with Gasteiger partial charge in [0.25, 0.3) is 0 Å². The third kappa shape index (κ3) is 4.01. The number of likely N-dealkylation sites (tertiary alicyclic amines) is 1. The van der Waals surface area contributed by atoms with E-state index in [9.17, 15) is 14.4 Å². The summed E-state index contributed by atoms with van der Waals surface area (Å²) in [7, 11) is 1.39. The van der Waals surface area contributed by atoms with Gasteiger partial charge in [-0.15, -0.1) is 11.8 Å². The van der Waals surface area contributed by atoms with Gasteiger partial charge >= 0.3 is 5.97 Å². The molecule has 4 rings (SSSR count). The van der Waals surface area contributed by atoms with Gasteiger partial charge < -0.3 is 4.74 Å². The Kier molecular flexibility index (Phi) is 7.49. The van der Waals surface area contributed by atoms with Crippen LogP contribution < -0.4 is 0 Å². The van der Waals surface area contributed by atoms with Crippen molar-refractivity contribution in [3.63, 3.8) is 0 Å². The smallest absolute Gasteiger partial charge is 0.327 e. The molecule has 0 bridgehead atoms. The minimum absolute atomic E-state index is 0.149. The van der Waals surface area contributed by atoms with Crippen LogP contribution in [0.15, 0.2) is 29.2 Å². The summed E-state index contributed by atoms with van der Waals surface area (Å²) in [6.45, 7) is 5.07. The first-order chi connectivity index (χ1) is 16.0. The number of unbranched alkanes of at least 4 members (excludes halogenated alkanes) is 3. The van der Waals surface area contributed by atoms with E-state index in [-0.39, 0.29) is 23.8 Å². The van der Waals surface area contributed by atoms with E-state index in [2.05, 4.69) is 36.1 Å². The van der Waals surface area contributed by atoms with Gasteiger partial charge in [-0.25, -0.2) is 0 Å². The molecule has 0 aromatic heterocycles. The van der Waals surface area contributed by atoms with Crippen molar-refractivity contribution in [1.29, 1.82) is 0 Å². The lowest BCUT2D eigenvalue weighted by molar-refractivity contribution is -0.164. The number of hydrogen-bond donors (Lipinski definition) is 0. The van der Waals surface area contributed by atoms with E-state index < -0.39 is 17.4 Å². The molecule has 2 amide bonds. The van der Waals surface area contributed by atoms with Crippen LogP contribution in [0.4, 0.5) is 0 Å². The standard InChI is InChI=1S/C26H36N2O4S/c1-4-6-7-10-17-33-19-13-11-18(12-14-19)22-20-21(24(30)27(5-2)23(20)29)26(25(31)32-3)15-8-9-16-28(22)26/h11-14,20-22H,4-10,15-17H2,1-3H3/t20-,21-,22+,26-/m0/s1. The summed E-state index contributed by atoms with van der Waals surface area (Å²) >= 11 is 1.86. The quantitative estimate of drug-likeness (QED) is 0.229. The SMILES string of the molecule is CCCCCCSc1ccc([C@@H]2[C@H]3C(=O)N(CC)C(=O)[C@H]3[C@]3(C(=O)OC)CCCCN23)cc1. The number of ether oxygens (including phenoxy) is 1. The molecule has 180 valence electrons. The van der Waals surface area contributed by atoms with E-state index in [1.807, 2.05) is 18.7 Å². The number of amides is 2. The first kappa shape index (κ1) is 24.3. The lowest BCUT2D eigenvalue weighted by Crippen LogP contribution is -2.59. The van der Waals surface area contributed by atoms with Gasteiger partial charge in [-0.05, 0) is 62.6 Å². The summed E-state index contributed by atoms with van der Waals surface area (Å²) < 4.78 is 5.26. The Morgan fingerprint density at radius 1 is 1.09 bits per heavy atom. The van der Waals surface area contributed by atoms with Crippen LogP contribution in [0.5, 0.6) is 0 Å². The Bertz CT molecular complexity index is 889. The van der Waals surface area contributed by atoms with Crippen LogP contribution in [-0.2, 0) is 19.1 Å². The van der Waals surface area contributed by atoms with Crippen molar-refractivity contribution < 1.29 is 19.1 Å². The number of nitrogens with zero attached hydrogens (tertiary/aromatic N) is 2. The maximum absolute atomic E-state index is 13.4. The zero-order valence-corrected chi connectivity index (χ0v) is 20.9. The number of piperidine rings is 1. The van der Waals surface area contributed by atoms with Crippen molar-refractivity contribution in [2.75, 3.05) is 26.0 Å². The highest BCUT2D eigenvalue weighted by Crippen LogP contribution is 2.58. The molecule has 1 aromatic carbocycles. The Balaban J connectivity index is 1.65. The number of imide groups is 1. The zero-order chi connectivity index (χ0) is 23.6. The Morgan fingerprint density at radius 3 is 2.52 bits per heavy atom. The fourth-order valence-electron chi connectivity index (χ4n) is 6.21. The van der Waals surface area contributed by atoms with Crippen molar-refractivity contribution in [1.82, 2.24) is 9.80 Å².